The van der Waals surface area contributed by atoms with Gasteiger partial charge in [0.1, 0.15) is 5.82 Å². The highest BCUT2D eigenvalue weighted by molar-refractivity contribution is 5.98. The molecule has 5 N–H and O–H groups in total. The topological polar surface area (TPSA) is 97.3 Å². The lowest BCUT2D eigenvalue weighted by molar-refractivity contribution is 0.100. The quantitative estimate of drug-likeness (QED) is 0.735. The van der Waals surface area contributed by atoms with Gasteiger partial charge in [0.05, 0.1) is 17.4 Å². The Morgan fingerprint density at radius 2 is 2.21 bits per heavy atom. The maximum atomic E-state index is 11.4. The van der Waals surface area contributed by atoms with Crippen molar-refractivity contribution in [1.29, 1.82) is 0 Å². The number of primary amides is 1. The molecule has 1 aliphatic rings. The minimum absolute atomic E-state index is 0.304. The van der Waals surface area contributed by atoms with Crippen molar-refractivity contribution < 1.29 is 4.79 Å². The fraction of sp³-hybridized carbons (Fsp3) is 0.538. The molecular formula is C13H21N5O. The largest absolute Gasteiger partial charge is 0.384 e. The number of hydrogen-bond donors (Lipinski definition) is 3. The number of amides is 1. The summed E-state index contributed by atoms with van der Waals surface area (Å²) in [6.45, 7) is 3.07. The first kappa shape index (κ1) is 13.6. The zero-order valence-corrected chi connectivity index (χ0v) is 11.2. The molecule has 1 saturated heterocycles. The van der Waals surface area contributed by atoms with Crippen LogP contribution in [0, 0.1) is 5.92 Å². The summed E-state index contributed by atoms with van der Waals surface area (Å²) in [7, 11) is 2.14. The number of nitrogens with two attached hydrogens (primary N) is 2. The number of carbonyl (C=O) groups is 1. The van der Waals surface area contributed by atoms with Crippen LogP contribution in [0.25, 0.3) is 0 Å². The molecule has 0 unspecified atom stereocenters. The molecule has 1 aromatic rings. The molecule has 0 saturated carbocycles. The first-order valence-corrected chi connectivity index (χ1v) is 6.54. The molecule has 1 aromatic heterocycles. The molecule has 104 valence electrons. The Hall–Kier alpha value is -1.82. The molecular weight excluding hydrogens is 242 g/mol. The van der Waals surface area contributed by atoms with E-state index >= 15 is 0 Å². The van der Waals surface area contributed by atoms with E-state index in [4.69, 9.17) is 11.5 Å². The molecule has 6 heteroatoms. The summed E-state index contributed by atoms with van der Waals surface area (Å²) in [4.78, 5) is 17.7. The van der Waals surface area contributed by atoms with Gasteiger partial charge in [-0.25, -0.2) is 4.98 Å². The van der Waals surface area contributed by atoms with Gasteiger partial charge in [0.25, 0.3) is 5.91 Å². The lowest BCUT2D eigenvalue weighted by Gasteiger charge is -2.29. The number of carbonyl (C=O) groups excluding carboxylic acids is 1. The number of likely N-dealkylation sites (tertiary alicyclic amines) is 1. The summed E-state index contributed by atoms with van der Waals surface area (Å²) in [5.74, 6) is 0.438. The average molecular weight is 263 g/mol. The number of pyridine rings is 1. The third kappa shape index (κ3) is 3.57. The zero-order chi connectivity index (χ0) is 13.8. The van der Waals surface area contributed by atoms with E-state index in [1.807, 2.05) is 0 Å². The lowest BCUT2D eigenvalue weighted by atomic mass is 9.97. The zero-order valence-electron chi connectivity index (χ0n) is 11.2. The summed E-state index contributed by atoms with van der Waals surface area (Å²) >= 11 is 0. The van der Waals surface area contributed by atoms with Crippen LogP contribution in [0.1, 0.15) is 23.2 Å². The fourth-order valence-corrected chi connectivity index (χ4v) is 2.34. The highest BCUT2D eigenvalue weighted by Gasteiger charge is 2.17. The number of piperidine rings is 1. The predicted octanol–water partition coefficient (Wildman–Crippen LogP) is 0.516. The summed E-state index contributed by atoms with van der Waals surface area (Å²) in [6, 6.07) is 1.51. The van der Waals surface area contributed by atoms with Gasteiger partial charge in [0, 0.05) is 6.54 Å². The van der Waals surface area contributed by atoms with Crippen molar-refractivity contribution in [1.82, 2.24) is 9.88 Å². The van der Waals surface area contributed by atoms with E-state index in [2.05, 4.69) is 22.2 Å². The van der Waals surface area contributed by atoms with Crippen molar-refractivity contribution in [3.05, 3.63) is 17.8 Å². The number of nitrogens with one attached hydrogen (secondary N) is 1. The molecule has 2 heterocycles. The van der Waals surface area contributed by atoms with E-state index in [0.717, 1.165) is 32.5 Å². The molecule has 0 atom stereocenters. The van der Waals surface area contributed by atoms with Gasteiger partial charge in [0.15, 0.2) is 0 Å². The molecule has 0 radical (unpaired) electrons. The monoisotopic (exact) mass is 263 g/mol. The Labute approximate surface area is 113 Å². The van der Waals surface area contributed by atoms with Crippen molar-refractivity contribution in [3.63, 3.8) is 0 Å². The van der Waals surface area contributed by atoms with Gasteiger partial charge >= 0.3 is 0 Å². The van der Waals surface area contributed by atoms with Crippen molar-refractivity contribution in [2.24, 2.45) is 11.7 Å². The van der Waals surface area contributed by atoms with Crippen molar-refractivity contribution >= 4 is 17.4 Å². The Morgan fingerprint density at radius 3 is 2.84 bits per heavy atom. The molecule has 1 aliphatic heterocycles. The minimum Gasteiger partial charge on any atom is -0.384 e. The molecule has 0 bridgehead atoms. The second kappa shape index (κ2) is 5.88. The maximum absolute atomic E-state index is 11.4. The van der Waals surface area contributed by atoms with Crippen LogP contribution in [-0.4, -0.2) is 42.5 Å². The second-order valence-electron chi connectivity index (χ2n) is 5.15. The van der Waals surface area contributed by atoms with Crippen LogP contribution in [0.2, 0.25) is 0 Å². The summed E-state index contributed by atoms with van der Waals surface area (Å²) in [5.41, 5.74) is 12.0. The summed E-state index contributed by atoms with van der Waals surface area (Å²) in [5, 5.41) is 3.27. The Bertz CT molecular complexity index is 454. The summed E-state index contributed by atoms with van der Waals surface area (Å²) < 4.78 is 0. The number of rotatable bonds is 4. The minimum atomic E-state index is -0.486. The molecule has 19 heavy (non-hydrogen) atoms. The van der Waals surface area contributed by atoms with Crippen LogP contribution >= 0.6 is 0 Å². The Morgan fingerprint density at radius 1 is 1.53 bits per heavy atom. The maximum Gasteiger partial charge on any atom is 0.250 e. The van der Waals surface area contributed by atoms with Crippen LogP contribution in [0.3, 0.4) is 0 Å². The molecule has 6 nitrogen and oxygen atoms in total. The van der Waals surface area contributed by atoms with E-state index in [1.54, 1.807) is 6.20 Å². The highest BCUT2D eigenvalue weighted by Crippen LogP contribution is 2.20. The van der Waals surface area contributed by atoms with E-state index < -0.39 is 5.91 Å². The highest BCUT2D eigenvalue weighted by atomic mass is 16.1. The van der Waals surface area contributed by atoms with Gasteiger partial charge in [-0.1, -0.05) is 0 Å². The molecule has 2 rings (SSSR count). The standard InChI is InChI=1S/C13H21N5O/c1-18-4-2-9(3-5-18)7-16-11-8-17-12(14)6-10(11)13(15)19/h6,8-9,16H,2-5,7H2,1H3,(H2,14,17)(H2,15,19). The lowest BCUT2D eigenvalue weighted by Crippen LogP contribution is -2.33. The molecule has 0 spiro atoms. The molecule has 1 fully saturated rings. The van der Waals surface area contributed by atoms with Gasteiger partial charge < -0.3 is 21.7 Å². The molecule has 0 aliphatic carbocycles. The molecule has 1 amide bonds. The normalized spacial score (nSPS) is 17.3. The van der Waals surface area contributed by atoms with E-state index in [-0.39, 0.29) is 0 Å². The van der Waals surface area contributed by atoms with E-state index in [9.17, 15) is 4.79 Å². The number of nitrogens with zero attached hydrogens (tertiary/aromatic N) is 2. The van der Waals surface area contributed by atoms with Gasteiger partial charge in [-0.3, -0.25) is 4.79 Å². The fourth-order valence-electron chi connectivity index (χ4n) is 2.34. The van der Waals surface area contributed by atoms with Gasteiger partial charge in [-0.2, -0.15) is 0 Å². The van der Waals surface area contributed by atoms with E-state index in [0.29, 0.717) is 23.0 Å². The predicted molar refractivity (Wildman–Crippen MR) is 75.9 cm³/mol. The van der Waals surface area contributed by atoms with Crippen molar-refractivity contribution in [3.8, 4) is 0 Å². The Balaban J connectivity index is 1.97. The number of hydrogen-bond acceptors (Lipinski definition) is 5. The van der Waals surface area contributed by atoms with Gasteiger partial charge in [-0.15, -0.1) is 0 Å². The van der Waals surface area contributed by atoms with Crippen LogP contribution in [0.4, 0.5) is 11.5 Å². The Kier molecular flexibility index (Phi) is 4.21. The van der Waals surface area contributed by atoms with Crippen molar-refractivity contribution in [2.75, 3.05) is 37.7 Å². The van der Waals surface area contributed by atoms with Crippen LogP contribution in [0.5, 0.6) is 0 Å². The number of nitrogen functional groups attached to an aromatic ring is 1. The summed E-state index contributed by atoms with van der Waals surface area (Å²) in [6.07, 6.45) is 3.90. The first-order valence-electron chi connectivity index (χ1n) is 6.54. The third-order valence-corrected chi connectivity index (χ3v) is 3.61. The van der Waals surface area contributed by atoms with Gasteiger partial charge in [0.2, 0.25) is 0 Å². The number of aromatic nitrogens is 1. The number of anilines is 2. The SMILES string of the molecule is CN1CCC(CNc2cnc(N)cc2C(N)=O)CC1. The third-order valence-electron chi connectivity index (χ3n) is 3.61. The van der Waals surface area contributed by atoms with Crippen LogP contribution in [-0.2, 0) is 0 Å². The molecule has 0 aromatic carbocycles. The van der Waals surface area contributed by atoms with Gasteiger partial charge in [-0.05, 0) is 45.0 Å². The average Bonchev–Trinajstić information content (AvgIpc) is 2.39. The van der Waals surface area contributed by atoms with Crippen molar-refractivity contribution in [2.45, 2.75) is 12.8 Å². The smallest absolute Gasteiger partial charge is 0.250 e. The van der Waals surface area contributed by atoms with Crippen LogP contribution < -0.4 is 16.8 Å². The second-order valence-corrected chi connectivity index (χ2v) is 5.15. The van der Waals surface area contributed by atoms with Crippen LogP contribution in [0.15, 0.2) is 12.3 Å². The first-order chi connectivity index (χ1) is 9.06. The van der Waals surface area contributed by atoms with E-state index in [1.165, 1.54) is 6.07 Å².